The maximum Gasteiger partial charge on any atom is 0.263 e. The van der Waals surface area contributed by atoms with Gasteiger partial charge in [-0.15, -0.1) is 0 Å². The van der Waals surface area contributed by atoms with Crippen molar-refractivity contribution in [1.82, 2.24) is 0 Å². The Kier molecular flexibility index (Phi) is 3.64. The summed E-state index contributed by atoms with van der Waals surface area (Å²) in [5, 5.41) is 0. The Balaban J connectivity index is 2.19. The van der Waals surface area contributed by atoms with E-state index in [2.05, 4.69) is 4.99 Å². The van der Waals surface area contributed by atoms with E-state index in [4.69, 9.17) is 9.47 Å². The van der Waals surface area contributed by atoms with E-state index in [0.29, 0.717) is 43.1 Å². The van der Waals surface area contributed by atoms with E-state index in [9.17, 15) is 13.6 Å². The molecule has 1 aromatic rings. The molecule has 1 heterocycles. The zero-order valence-electron chi connectivity index (χ0n) is 11.4. The number of carbonyl (C=O) groups excluding carboxylic acids is 1. The van der Waals surface area contributed by atoms with Crippen molar-refractivity contribution < 1.29 is 23.0 Å². The minimum atomic E-state index is -2.61. The monoisotopic (exact) mass is 295 g/mol. The van der Waals surface area contributed by atoms with Gasteiger partial charge in [0.2, 0.25) is 6.08 Å². The highest BCUT2D eigenvalue weighted by Gasteiger charge is 2.40. The van der Waals surface area contributed by atoms with Gasteiger partial charge in [-0.05, 0) is 25.0 Å². The fourth-order valence-corrected chi connectivity index (χ4v) is 3.14. The minimum absolute atomic E-state index is 0.137. The highest BCUT2D eigenvalue weighted by Crippen LogP contribution is 2.50. The molecule has 1 aliphatic carbocycles. The highest BCUT2D eigenvalue weighted by molar-refractivity contribution is 5.55. The Morgan fingerprint density at radius 3 is 2.57 bits per heavy atom. The van der Waals surface area contributed by atoms with E-state index in [1.807, 2.05) is 0 Å². The summed E-state index contributed by atoms with van der Waals surface area (Å²) < 4.78 is 37.3. The standard InChI is InChI=1S/C15H15F2NO3/c16-14(17)10-7-11(13-12(8-10)20-5-6-21-13)15(18-9-19)3-1-2-4-15/h7-8,14H,1-6H2. The van der Waals surface area contributed by atoms with Gasteiger partial charge in [-0.1, -0.05) is 12.8 Å². The van der Waals surface area contributed by atoms with Crippen molar-refractivity contribution in [3.8, 4) is 11.5 Å². The van der Waals surface area contributed by atoms with E-state index < -0.39 is 12.0 Å². The molecule has 112 valence electrons. The van der Waals surface area contributed by atoms with Crippen molar-refractivity contribution in [2.75, 3.05) is 13.2 Å². The van der Waals surface area contributed by atoms with Crippen LogP contribution in [0.3, 0.4) is 0 Å². The van der Waals surface area contributed by atoms with E-state index >= 15 is 0 Å². The van der Waals surface area contributed by atoms with Crippen LogP contribution in [-0.4, -0.2) is 19.3 Å². The van der Waals surface area contributed by atoms with Crippen LogP contribution in [0.5, 0.6) is 11.5 Å². The fraction of sp³-hybridized carbons (Fsp3) is 0.533. The number of hydrogen-bond acceptors (Lipinski definition) is 4. The second-order valence-electron chi connectivity index (χ2n) is 5.34. The summed E-state index contributed by atoms with van der Waals surface area (Å²) in [7, 11) is 0. The third-order valence-corrected chi connectivity index (χ3v) is 4.11. The maximum atomic E-state index is 13.1. The van der Waals surface area contributed by atoms with E-state index in [-0.39, 0.29) is 5.56 Å². The molecule has 0 radical (unpaired) electrons. The first-order valence-corrected chi connectivity index (χ1v) is 6.97. The Labute approximate surface area is 120 Å². The summed E-state index contributed by atoms with van der Waals surface area (Å²) in [6.07, 6.45) is 2.02. The Morgan fingerprint density at radius 1 is 1.19 bits per heavy atom. The zero-order valence-corrected chi connectivity index (χ0v) is 11.4. The van der Waals surface area contributed by atoms with Gasteiger partial charge in [0.15, 0.2) is 11.5 Å². The molecule has 3 rings (SSSR count). The van der Waals surface area contributed by atoms with Crippen LogP contribution < -0.4 is 9.47 Å². The maximum absolute atomic E-state index is 13.1. The van der Waals surface area contributed by atoms with Crippen LogP contribution in [0.1, 0.15) is 43.2 Å². The first-order valence-electron chi connectivity index (χ1n) is 6.97. The first-order chi connectivity index (χ1) is 10.2. The number of isocyanates is 1. The fourth-order valence-electron chi connectivity index (χ4n) is 3.14. The predicted molar refractivity (Wildman–Crippen MR) is 70.7 cm³/mol. The number of rotatable bonds is 3. The smallest absolute Gasteiger partial charge is 0.263 e. The molecule has 1 fully saturated rings. The van der Waals surface area contributed by atoms with Crippen molar-refractivity contribution >= 4 is 6.08 Å². The van der Waals surface area contributed by atoms with E-state index in [1.165, 1.54) is 12.1 Å². The van der Waals surface area contributed by atoms with Gasteiger partial charge in [0.25, 0.3) is 6.43 Å². The molecule has 1 aliphatic heterocycles. The van der Waals surface area contributed by atoms with Gasteiger partial charge in [0.1, 0.15) is 18.8 Å². The lowest BCUT2D eigenvalue weighted by Gasteiger charge is -2.29. The van der Waals surface area contributed by atoms with Crippen molar-refractivity contribution in [2.45, 2.75) is 37.6 Å². The lowest BCUT2D eigenvalue weighted by Crippen LogP contribution is -2.24. The topological polar surface area (TPSA) is 47.9 Å². The van der Waals surface area contributed by atoms with Gasteiger partial charge in [-0.2, -0.15) is 4.99 Å². The molecule has 0 N–H and O–H groups in total. The minimum Gasteiger partial charge on any atom is -0.486 e. The number of nitrogens with zero attached hydrogens (tertiary/aromatic N) is 1. The summed E-state index contributed by atoms with van der Waals surface area (Å²) in [4.78, 5) is 14.8. The van der Waals surface area contributed by atoms with Crippen molar-refractivity contribution in [2.24, 2.45) is 4.99 Å². The number of ether oxygens (including phenoxy) is 2. The van der Waals surface area contributed by atoms with Crippen LogP contribution >= 0.6 is 0 Å². The summed E-state index contributed by atoms with van der Waals surface area (Å²) >= 11 is 0. The number of alkyl halides is 2. The van der Waals surface area contributed by atoms with Crippen molar-refractivity contribution in [3.63, 3.8) is 0 Å². The summed E-state index contributed by atoms with van der Waals surface area (Å²) in [5.74, 6) is 0.743. The molecule has 21 heavy (non-hydrogen) atoms. The van der Waals surface area contributed by atoms with Gasteiger partial charge < -0.3 is 9.47 Å². The van der Waals surface area contributed by atoms with Gasteiger partial charge in [-0.25, -0.2) is 13.6 Å². The quantitative estimate of drug-likeness (QED) is 0.633. The normalized spacial score (nSPS) is 19.4. The zero-order chi connectivity index (χ0) is 14.9. The largest absolute Gasteiger partial charge is 0.486 e. The average Bonchev–Trinajstić information content (AvgIpc) is 2.96. The van der Waals surface area contributed by atoms with Crippen molar-refractivity contribution in [3.05, 3.63) is 23.3 Å². The first kappa shape index (κ1) is 14.0. The molecule has 4 nitrogen and oxygen atoms in total. The van der Waals surface area contributed by atoms with Crippen LogP contribution in [0.15, 0.2) is 17.1 Å². The molecule has 1 aromatic carbocycles. The van der Waals surface area contributed by atoms with E-state index in [1.54, 1.807) is 6.08 Å². The molecule has 0 atom stereocenters. The molecule has 0 unspecified atom stereocenters. The van der Waals surface area contributed by atoms with Crippen LogP contribution in [0.2, 0.25) is 0 Å². The number of benzene rings is 1. The second-order valence-corrected chi connectivity index (χ2v) is 5.34. The molecule has 0 spiro atoms. The van der Waals surface area contributed by atoms with Gasteiger partial charge in [0.05, 0.1) is 0 Å². The van der Waals surface area contributed by atoms with Crippen LogP contribution in [-0.2, 0) is 10.3 Å². The lowest BCUT2D eigenvalue weighted by molar-refractivity contribution is 0.145. The van der Waals surface area contributed by atoms with Crippen LogP contribution in [0, 0.1) is 0 Å². The van der Waals surface area contributed by atoms with Gasteiger partial charge >= 0.3 is 0 Å². The molecule has 6 heteroatoms. The van der Waals surface area contributed by atoms with E-state index in [0.717, 1.165) is 12.8 Å². The van der Waals surface area contributed by atoms with Crippen LogP contribution in [0.4, 0.5) is 8.78 Å². The molecular weight excluding hydrogens is 280 g/mol. The average molecular weight is 295 g/mol. The SMILES string of the molecule is O=C=NC1(c2cc(C(F)F)cc3c2OCCO3)CCCC1. The van der Waals surface area contributed by atoms with Crippen molar-refractivity contribution in [1.29, 1.82) is 0 Å². The molecule has 0 bridgehead atoms. The molecular formula is C15H15F2NO3. The molecule has 0 aromatic heterocycles. The number of aliphatic imine (C=N–C) groups is 1. The summed E-state index contributed by atoms with van der Waals surface area (Å²) in [5.41, 5.74) is -0.422. The molecule has 0 amide bonds. The van der Waals surface area contributed by atoms with Gasteiger partial charge in [0, 0.05) is 11.1 Å². The Morgan fingerprint density at radius 2 is 1.90 bits per heavy atom. The Hall–Kier alpha value is -1.94. The molecule has 0 saturated heterocycles. The van der Waals surface area contributed by atoms with Crippen LogP contribution in [0.25, 0.3) is 0 Å². The third-order valence-electron chi connectivity index (χ3n) is 4.11. The number of hydrogen-bond donors (Lipinski definition) is 0. The number of halogens is 2. The Bertz CT molecular complexity index is 591. The molecule has 2 aliphatic rings. The number of fused-ring (bicyclic) bond motifs is 1. The third kappa shape index (κ3) is 2.40. The predicted octanol–water partition coefficient (Wildman–Crippen LogP) is 3.50. The highest BCUT2D eigenvalue weighted by atomic mass is 19.3. The molecule has 1 saturated carbocycles. The lowest BCUT2D eigenvalue weighted by atomic mass is 9.86. The summed E-state index contributed by atoms with van der Waals surface area (Å²) in [6, 6.07) is 2.69. The van der Waals surface area contributed by atoms with Gasteiger partial charge in [-0.3, -0.25) is 0 Å². The summed E-state index contributed by atoms with van der Waals surface area (Å²) in [6.45, 7) is 0.679. The second kappa shape index (κ2) is 5.45.